The van der Waals surface area contributed by atoms with Gasteiger partial charge in [0.1, 0.15) is 11.7 Å². The van der Waals surface area contributed by atoms with Crippen LogP contribution < -0.4 is 0 Å². The van der Waals surface area contributed by atoms with E-state index < -0.39 is 18.9 Å². The van der Waals surface area contributed by atoms with Crippen LogP contribution in [-0.2, 0) is 9.16 Å². The van der Waals surface area contributed by atoms with Gasteiger partial charge in [0.25, 0.3) is 0 Å². The van der Waals surface area contributed by atoms with Crippen molar-refractivity contribution in [3.05, 3.63) is 35.4 Å². The van der Waals surface area contributed by atoms with Crippen molar-refractivity contribution in [3.63, 3.8) is 0 Å². The zero-order valence-electron chi connectivity index (χ0n) is 18.6. The van der Waals surface area contributed by atoms with E-state index in [2.05, 4.69) is 74.6 Å². The Morgan fingerprint density at radius 3 is 1.96 bits per heavy atom. The van der Waals surface area contributed by atoms with E-state index in [1.54, 1.807) is 0 Å². The largest absolute Gasteiger partial charge is 0.398 e. The van der Waals surface area contributed by atoms with E-state index in [1.807, 2.05) is 36.0 Å². The highest BCUT2D eigenvalue weighted by atomic mass is 32.2. The minimum Gasteiger partial charge on any atom is -0.398 e. The minimum absolute atomic E-state index is 0.0221. The molecule has 0 amide bonds. The van der Waals surface area contributed by atoms with Crippen molar-refractivity contribution >= 4 is 20.1 Å². The molecule has 0 unspecified atom stereocenters. The molecule has 27 heavy (non-hydrogen) atoms. The molecule has 0 aliphatic carbocycles. The van der Waals surface area contributed by atoms with Crippen LogP contribution in [0.4, 0.5) is 0 Å². The molecular weight excluding hydrogens is 370 g/mol. The van der Waals surface area contributed by atoms with E-state index >= 15 is 0 Å². The maximum atomic E-state index is 9.11. The van der Waals surface area contributed by atoms with Crippen molar-refractivity contribution in [2.45, 2.75) is 94.9 Å². The summed E-state index contributed by atoms with van der Waals surface area (Å²) in [5, 5.41) is 9.23. The van der Waals surface area contributed by atoms with Crippen molar-refractivity contribution in [3.8, 4) is 6.07 Å². The summed E-state index contributed by atoms with van der Waals surface area (Å²) in [5.41, 5.74) is 1.33. The van der Waals surface area contributed by atoms with Gasteiger partial charge in [-0.25, -0.2) is 0 Å². The van der Waals surface area contributed by atoms with Gasteiger partial charge in [0, 0.05) is 4.75 Å². The SMILES string of the molecule is CC(C)(C)S[C@]1(O[Si](C)(C)C(C)(C)C)[C@@H](c2ccc(C#N)cc2)OC1(C)C. The van der Waals surface area contributed by atoms with Crippen molar-refractivity contribution in [1.29, 1.82) is 5.26 Å². The second-order valence-electron chi connectivity index (χ2n) is 10.5. The number of thioether (sulfide) groups is 1. The summed E-state index contributed by atoms with van der Waals surface area (Å²) in [7, 11) is -2.04. The molecule has 3 nitrogen and oxygen atoms in total. The van der Waals surface area contributed by atoms with Crippen molar-refractivity contribution < 1.29 is 9.16 Å². The number of hydrogen-bond donors (Lipinski definition) is 0. The van der Waals surface area contributed by atoms with Gasteiger partial charge in [-0.1, -0.05) is 53.7 Å². The molecule has 0 saturated carbocycles. The lowest BCUT2D eigenvalue weighted by Gasteiger charge is -2.64. The first-order valence-corrected chi connectivity index (χ1v) is 13.4. The lowest BCUT2D eigenvalue weighted by molar-refractivity contribution is -0.291. The Hall–Kier alpha value is -0.803. The van der Waals surface area contributed by atoms with Crippen molar-refractivity contribution in [2.24, 2.45) is 0 Å². The molecule has 0 spiro atoms. The fourth-order valence-corrected chi connectivity index (χ4v) is 6.80. The van der Waals surface area contributed by atoms with Gasteiger partial charge in [-0.15, -0.1) is 11.8 Å². The van der Waals surface area contributed by atoms with Gasteiger partial charge in [0.05, 0.1) is 11.6 Å². The topological polar surface area (TPSA) is 42.2 Å². The molecule has 1 heterocycles. The summed E-state index contributed by atoms with van der Waals surface area (Å²) in [6, 6.07) is 9.93. The number of hydrogen-bond acceptors (Lipinski definition) is 4. The number of rotatable bonds is 4. The summed E-state index contributed by atoms with van der Waals surface area (Å²) in [5.74, 6) is 0. The highest BCUT2D eigenvalue weighted by molar-refractivity contribution is 8.02. The summed E-state index contributed by atoms with van der Waals surface area (Å²) in [6.07, 6.45) is -0.154. The summed E-state index contributed by atoms with van der Waals surface area (Å²) < 4.78 is 13.6. The van der Waals surface area contributed by atoms with Gasteiger partial charge in [-0.3, -0.25) is 0 Å². The highest BCUT2D eigenvalue weighted by Crippen LogP contribution is 2.64. The molecule has 2 atom stereocenters. The minimum atomic E-state index is -2.04. The standard InChI is InChI=1S/C22H35NO2SSi/c1-19(2,3)26-22(25-27(9,10)20(4,5)6)18(24-21(22,7)8)17-13-11-16(15-23)12-14-17/h11-14,18H,1-10H3/t18-,22-/m1/s1. The first-order chi connectivity index (χ1) is 12.0. The molecule has 0 N–H and O–H groups in total. The zero-order valence-corrected chi connectivity index (χ0v) is 20.4. The van der Waals surface area contributed by atoms with Crippen LogP contribution in [0.5, 0.6) is 0 Å². The summed E-state index contributed by atoms with van der Waals surface area (Å²) in [6.45, 7) is 22.4. The molecule has 1 aromatic rings. The van der Waals surface area contributed by atoms with E-state index in [4.69, 9.17) is 14.4 Å². The average Bonchev–Trinajstić information content (AvgIpc) is 2.49. The lowest BCUT2D eigenvalue weighted by atomic mass is 9.84. The summed E-state index contributed by atoms with van der Waals surface area (Å²) >= 11 is 1.88. The maximum absolute atomic E-state index is 9.11. The smallest absolute Gasteiger partial charge is 0.194 e. The fraction of sp³-hybridized carbons (Fsp3) is 0.682. The van der Waals surface area contributed by atoms with Gasteiger partial charge < -0.3 is 9.16 Å². The molecule has 150 valence electrons. The van der Waals surface area contributed by atoms with Crippen LogP contribution in [0.25, 0.3) is 0 Å². The molecule has 1 saturated heterocycles. The predicted molar refractivity (Wildman–Crippen MR) is 117 cm³/mol. The number of ether oxygens (including phenoxy) is 1. The van der Waals surface area contributed by atoms with Gasteiger partial charge in [-0.05, 0) is 49.7 Å². The molecule has 0 bridgehead atoms. The van der Waals surface area contributed by atoms with Gasteiger partial charge in [0.2, 0.25) is 0 Å². The highest BCUT2D eigenvalue weighted by Gasteiger charge is 2.68. The Balaban J connectivity index is 2.54. The first kappa shape index (κ1) is 22.5. The van der Waals surface area contributed by atoms with E-state index in [-0.39, 0.29) is 15.9 Å². The van der Waals surface area contributed by atoms with E-state index in [0.717, 1.165) is 5.56 Å². The predicted octanol–water partition coefficient (Wildman–Crippen LogP) is 6.66. The van der Waals surface area contributed by atoms with Crippen LogP contribution in [0.1, 0.15) is 72.6 Å². The van der Waals surface area contributed by atoms with E-state index in [1.165, 1.54) is 0 Å². The Morgan fingerprint density at radius 2 is 1.59 bits per heavy atom. The quantitative estimate of drug-likeness (QED) is 0.415. The van der Waals surface area contributed by atoms with Crippen LogP contribution in [0.2, 0.25) is 18.1 Å². The molecule has 1 aromatic carbocycles. The summed E-state index contributed by atoms with van der Waals surface area (Å²) in [4.78, 5) is -0.470. The van der Waals surface area contributed by atoms with Crippen LogP contribution in [0.3, 0.4) is 0 Å². The number of nitriles is 1. The second kappa shape index (κ2) is 6.91. The van der Waals surface area contributed by atoms with E-state index in [9.17, 15) is 0 Å². The van der Waals surface area contributed by atoms with Crippen LogP contribution in [0, 0.1) is 11.3 Å². The molecule has 1 aliphatic rings. The molecule has 0 radical (unpaired) electrons. The lowest BCUT2D eigenvalue weighted by Crippen LogP contribution is -2.70. The van der Waals surface area contributed by atoms with E-state index in [0.29, 0.717) is 5.56 Å². The third kappa shape index (κ3) is 4.29. The number of nitrogens with zero attached hydrogens (tertiary/aromatic N) is 1. The van der Waals surface area contributed by atoms with Crippen molar-refractivity contribution in [1.82, 2.24) is 0 Å². The Morgan fingerprint density at radius 1 is 1.07 bits per heavy atom. The maximum Gasteiger partial charge on any atom is 0.194 e. The van der Waals surface area contributed by atoms with Crippen molar-refractivity contribution in [2.75, 3.05) is 0 Å². The van der Waals surface area contributed by atoms with Crippen LogP contribution in [-0.4, -0.2) is 23.6 Å². The Kier molecular flexibility index (Phi) is 5.76. The van der Waals surface area contributed by atoms with Crippen LogP contribution in [0.15, 0.2) is 24.3 Å². The Labute approximate surface area is 171 Å². The number of benzene rings is 1. The Bertz CT molecular complexity index is 723. The molecular formula is C22H35NO2SSi. The third-order valence-corrected chi connectivity index (χ3v) is 11.9. The monoisotopic (exact) mass is 405 g/mol. The molecule has 1 fully saturated rings. The third-order valence-electron chi connectivity index (χ3n) is 5.61. The average molecular weight is 406 g/mol. The normalized spacial score (nSPS) is 25.6. The van der Waals surface area contributed by atoms with Gasteiger partial charge in [-0.2, -0.15) is 5.26 Å². The molecule has 5 heteroatoms. The first-order valence-electron chi connectivity index (χ1n) is 9.63. The molecule has 2 rings (SSSR count). The zero-order chi connectivity index (χ0) is 20.9. The molecule has 0 aromatic heterocycles. The van der Waals surface area contributed by atoms with Gasteiger partial charge in [0.15, 0.2) is 13.3 Å². The fourth-order valence-electron chi connectivity index (χ4n) is 3.09. The van der Waals surface area contributed by atoms with Gasteiger partial charge >= 0.3 is 0 Å². The molecule has 1 aliphatic heterocycles. The van der Waals surface area contributed by atoms with Crippen LogP contribution >= 0.6 is 11.8 Å². The second-order valence-corrected chi connectivity index (χ2v) is 17.2.